The molecule has 0 fully saturated rings. The Balaban J connectivity index is 1.96. The predicted octanol–water partition coefficient (Wildman–Crippen LogP) is 4.57. The van der Waals surface area contributed by atoms with Gasteiger partial charge in [-0.25, -0.2) is 4.79 Å². The quantitative estimate of drug-likeness (QED) is 0.831. The van der Waals surface area contributed by atoms with Gasteiger partial charge >= 0.3 is 6.03 Å². The highest BCUT2D eigenvalue weighted by atomic mass is 79.9. The van der Waals surface area contributed by atoms with E-state index in [1.807, 2.05) is 73.3 Å². The molecular weight excluding hydrogens is 340 g/mol. The topological polar surface area (TPSA) is 32.3 Å². The van der Waals surface area contributed by atoms with Crippen molar-refractivity contribution in [2.24, 2.45) is 0 Å². The molecule has 0 aromatic heterocycles. The van der Waals surface area contributed by atoms with Gasteiger partial charge in [-0.3, -0.25) is 0 Å². The smallest absolute Gasteiger partial charge is 0.318 e. The van der Waals surface area contributed by atoms with Crippen molar-refractivity contribution in [1.29, 1.82) is 0 Å². The molecule has 0 saturated carbocycles. The van der Waals surface area contributed by atoms with Crippen molar-refractivity contribution in [3.63, 3.8) is 0 Å². The normalized spacial score (nSPS) is 10.5. The molecule has 4 heteroatoms. The Morgan fingerprint density at radius 3 is 2.27 bits per heavy atom. The van der Waals surface area contributed by atoms with Crippen LogP contribution >= 0.6 is 15.9 Å². The summed E-state index contributed by atoms with van der Waals surface area (Å²) in [5.41, 5.74) is 2.22. The van der Waals surface area contributed by atoms with Gasteiger partial charge in [0.1, 0.15) is 0 Å². The van der Waals surface area contributed by atoms with E-state index in [1.54, 1.807) is 0 Å². The Morgan fingerprint density at radius 1 is 1.05 bits per heavy atom. The molecule has 0 bridgehead atoms. The lowest BCUT2D eigenvalue weighted by atomic mass is 10.2. The number of urea groups is 1. The molecule has 3 nitrogen and oxygen atoms in total. The zero-order chi connectivity index (χ0) is 15.9. The van der Waals surface area contributed by atoms with Crippen LogP contribution in [0.25, 0.3) is 0 Å². The highest BCUT2D eigenvalue weighted by Crippen LogP contribution is 2.11. The lowest BCUT2D eigenvalue weighted by Crippen LogP contribution is -2.43. The van der Waals surface area contributed by atoms with Gasteiger partial charge in [-0.15, -0.1) is 0 Å². The number of hydrogen-bond acceptors (Lipinski definition) is 1. The molecule has 1 N–H and O–H groups in total. The average molecular weight is 361 g/mol. The van der Waals surface area contributed by atoms with E-state index in [9.17, 15) is 4.79 Å². The fourth-order valence-corrected chi connectivity index (χ4v) is 2.41. The highest BCUT2D eigenvalue weighted by Gasteiger charge is 2.16. The minimum Gasteiger partial charge on any atom is -0.334 e. The fourth-order valence-electron chi connectivity index (χ4n) is 2.15. The summed E-state index contributed by atoms with van der Waals surface area (Å²) in [6.07, 6.45) is 0. The lowest BCUT2D eigenvalue weighted by Gasteiger charge is -2.27. The molecule has 2 amide bonds. The van der Waals surface area contributed by atoms with Crippen LogP contribution < -0.4 is 5.32 Å². The first kappa shape index (κ1) is 16.6. The molecular formula is C18H21BrN2O. The van der Waals surface area contributed by atoms with Crippen molar-refractivity contribution in [2.75, 3.05) is 0 Å². The maximum Gasteiger partial charge on any atom is 0.318 e. The van der Waals surface area contributed by atoms with E-state index in [0.29, 0.717) is 13.1 Å². The number of hydrogen-bond donors (Lipinski definition) is 1. The summed E-state index contributed by atoms with van der Waals surface area (Å²) in [6, 6.07) is 18.1. The molecule has 0 spiro atoms. The Bertz CT molecular complexity index is 596. The van der Waals surface area contributed by atoms with Crippen LogP contribution in [-0.2, 0) is 13.1 Å². The van der Waals surface area contributed by atoms with Crippen molar-refractivity contribution < 1.29 is 4.79 Å². The number of carbonyl (C=O) groups is 1. The first-order chi connectivity index (χ1) is 10.6. The molecule has 2 aromatic carbocycles. The molecule has 0 heterocycles. The molecule has 0 aliphatic rings. The maximum absolute atomic E-state index is 12.4. The third-order valence-corrected chi connectivity index (χ3v) is 3.97. The minimum absolute atomic E-state index is 0.0400. The van der Waals surface area contributed by atoms with E-state index in [1.165, 1.54) is 0 Å². The summed E-state index contributed by atoms with van der Waals surface area (Å²) < 4.78 is 1.04. The van der Waals surface area contributed by atoms with Gasteiger partial charge in [0.2, 0.25) is 0 Å². The number of nitrogens with one attached hydrogen (secondary N) is 1. The van der Waals surface area contributed by atoms with E-state index in [4.69, 9.17) is 0 Å². The van der Waals surface area contributed by atoms with Gasteiger partial charge in [0, 0.05) is 23.6 Å². The Labute approximate surface area is 140 Å². The van der Waals surface area contributed by atoms with Gasteiger partial charge in [-0.1, -0.05) is 58.4 Å². The number of amides is 2. The van der Waals surface area contributed by atoms with Gasteiger partial charge < -0.3 is 10.2 Å². The van der Waals surface area contributed by atoms with Crippen molar-refractivity contribution in [1.82, 2.24) is 10.2 Å². The second-order valence-corrected chi connectivity index (χ2v) is 6.41. The third kappa shape index (κ3) is 4.88. The van der Waals surface area contributed by atoms with Crippen LogP contribution in [0.4, 0.5) is 4.79 Å². The fraction of sp³-hybridized carbons (Fsp3) is 0.278. The second-order valence-electron chi connectivity index (χ2n) is 5.49. The van der Waals surface area contributed by atoms with Crippen LogP contribution in [0.1, 0.15) is 25.0 Å². The van der Waals surface area contributed by atoms with Crippen LogP contribution in [0, 0.1) is 0 Å². The number of halogens is 1. The van der Waals surface area contributed by atoms with Gasteiger partial charge in [-0.2, -0.15) is 0 Å². The van der Waals surface area contributed by atoms with Crippen LogP contribution in [-0.4, -0.2) is 17.0 Å². The summed E-state index contributed by atoms with van der Waals surface area (Å²) in [6.45, 7) is 5.21. The molecule has 116 valence electrons. The van der Waals surface area contributed by atoms with Gasteiger partial charge in [0.25, 0.3) is 0 Å². The lowest BCUT2D eigenvalue weighted by molar-refractivity contribution is 0.179. The molecule has 0 aliphatic heterocycles. The maximum atomic E-state index is 12.4. The molecule has 0 saturated heterocycles. The molecule has 2 rings (SSSR count). The Hall–Kier alpha value is -1.81. The Morgan fingerprint density at radius 2 is 1.68 bits per heavy atom. The average Bonchev–Trinajstić information content (AvgIpc) is 2.52. The van der Waals surface area contributed by atoms with Gasteiger partial charge in [0.15, 0.2) is 0 Å². The summed E-state index contributed by atoms with van der Waals surface area (Å²) in [5.74, 6) is 0. The first-order valence-electron chi connectivity index (χ1n) is 7.39. The molecule has 22 heavy (non-hydrogen) atoms. The predicted molar refractivity (Wildman–Crippen MR) is 93.5 cm³/mol. The van der Waals surface area contributed by atoms with Gasteiger partial charge in [0.05, 0.1) is 0 Å². The van der Waals surface area contributed by atoms with E-state index in [2.05, 4.69) is 21.2 Å². The Kier molecular flexibility index (Phi) is 6.01. The van der Waals surface area contributed by atoms with Crippen LogP contribution in [0.15, 0.2) is 59.1 Å². The summed E-state index contributed by atoms with van der Waals surface area (Å²) in [7, 11) is 0. The van der Waals surface area contributed by atoms with Crippen molar-refractivity contribution in [3.8, 4) is 0 Å². The van der Waals surface area contributed by atoms with E-state index in [-0.39, 0.29) is 12.1 Å². The zero-order valence-corrected chi connectivity index (χ0v) is 14.5. The number of carbonyl (C=O) groups excluding carboxylic acids is 1. The third-order valence-electron chi connectivity index (χ3n) is 3.44. The van der Waals surface area contributed by atoms with Gasteiger partial charge in [-0.05, 0) is 37.1 Å². The molecule has 0 radical (unpaired) electrons. The van der Waals surface area contributed by atoms with Crippen LogP contribution in [0.5, 0.6) is 0 Å². The molecule has 2 aromatic rings. The largest absolute Gasteiger partial charge is 0.334 e. The van der Waals surface area contributed by atoms with E-state index in [0.717, 1.165) is 15.6 Å². The standard InChI is InChI=1S/C18H21BrN2O/c1-14(2)21(13-16-6-4-3-5-7-16)18(22)20-12-15-8-10-17(19)11-9-15/h3-11,14H,12-13H2,1-2H3,(H,20,22). The second kappa shape index (κ2) is 7.99. The number of nitrogens with zero attached hydrogens (tertiary/aromatic N) is 1. The summed E-state index contributed by atoms with van der Waals surface area (Å²) in [5, 5.41) is 2.99. The highest BCUT2D eigenvalue weighted by molar-refractivity contribution is 9.10. The van der Waals surface area contributed by atoms with E-state index >= 15 is 0 Å². The van der Waals surface area contributed by atoms with Crippen LogP contribution in [0.2, 0.25) is 0 Å². The van der Waals surface area contributed by atoms with Crippen LogP contribution in [0.3, 0.4) is 0 Å². The number of benzene rings is 2. The van der Waals surface area contributed by atoms with Crippen molar-refractivity contribution in [2.45, 2.75) is 33.0 Å². The molecule has 0 unspecified atom stereocenters. The minimum atomic E-state index is -0.0400. The monoisotopic (exact) mass is 360 g/mol. The molecule has 0 atom stereocenters. The summed E-state index contributed by atoms with van der Waals surface area (Å²) >= 11 is 3.41. The SMILES string of the molecule is CC(C)N(Cc1ccccc1)C(=O)NCc1ccc(Br)cc1. The van der Waals surface area contributed by atoms with E-state index < -0.39 is 0 Å². The van der Waals surface area contributed by atoms with Crippen molar-refractivity contribution in [3.05, 3.63) is 70.2 Å². The summed E-state index contributed by atoms with van der Waals surface area (Å²) in [4.78, 5) is 14.3. The van der Waals surface area contributed by atoms with Crippen molar-refractivity contribution >= 4 is 22.0 Å². The zero-order valence-electron chi connectivity index (χ0n) is 12.9. The molecule has 0 aliphatic carbocycles. The first-order valence-corrected chi connectivity index (χ1v) is 8.18. The number of rotatable bonds is 5.